The first-order valence-electron chi connectivity index (χ1n) is 12.2. The molecule has 5 aromatic rings. The largest absolute Gasteiger partial charge is 0.497 e. The second-order valence-electron chi connectivity index (χ2n) is 8.65. The summed E-state index contributed by atoms with van der Waals surface area (Å²) in [6.45, 7) is 1.79. The number of para-hydroxylation sites is 1. The fourth-order valence-electron chi connectivity index (χ4n) is 4.02. The maximum Gasteiger partial charge on any atom is 0.273 e. The van der Waals surface area contributed by atoms with Gasteiger partial charge in [0.15, 0.2) is 5.16 Å². The molecular formula is C29H27N5O4S. The van der Waals surface area contributed by atoms with Crippen LogP contribution >= 0.6 is 11.8 Å². The molecule has 0 aliphatic heterocycles. The van der Waals surface area contributed by atoms with Gasteiger partial charge in [-0.3, -0.25) is 14.7 Å². The van der Waals surface area contributed by atoms with Crippen molar-refractivity contribution >= 4 is 23.5 Å². The summed E-state index contributed by atoms with van der Waals surface area (Å²) >= 11 is 1.29. The van der Waals surface area contributed by atoms with Crippen LogP contribution in [0.25, 0.3) is 28.2 Å². The Balaban J connectivity index is 1.38. The summed E-state index contributed by atoms with van der Waals surface area (Å²) in [5.41, 5.74) is 3.82. The number of nitrogens with one attached hydrogen (secondary N) is 3. The lowest BCUT2D eigenvalue weighted by Gasteiger charge is -2.09. The number of rotatable bonds is 9. The predicted molar refractivity (Wildman–Crippen MR) is 153 cm³/mol. The Labute approximate surface area is 229 Å². The van der Waals surface area contributed by atoms with Crippen LogP contribution in [0.5, 0.6) is 11.5 Å². The first-order chi connectivity index (χ1) is 18.9. The first-order valence-corrected chi connectivity index (χ1v) is 13.1. The van der Waals surface area contributed by atoms with Gasteiger partial charge in [-0.15, -0.1) is 0 Å². The maximum absolute atomic E-state index is 13.0. The van der Waals surface area contributed by atoms with Crippen molar-refractivity contribution in [1.29, 1.82) is 0 Å². The molecule has 3 N–H and O–H groups in total. The normalized spacial score (nSPS) is 11.7. The van der Waals surface area contributed by atoms with Crippen molar-refractivity contribution in [3.8, 4) is 39.7 Å². The van der Waals surface area contributed by atoms with E-state index in [4.69, 9.17) is 14.5 Å². The van der Waals surface area contributed by atoms with Crippen LogP contribution in [-0.2, 0) is 4.79 Å². The highest BCUT2D eigenvalue weighted by atomic mass is 32.2. The zero-order valence-electron chi connectivity index (χ0n) is 21.6. The van der Waals surface area contributed by atoms with Crippen LogP contribution in [0.4, 0.5) is 5.82 Å². The monoisotopic (exact) mass is 541 g/mol. The average Bonchev–Trinajstić information content (AvgIpc) is 3.56. The molecule has 0 aliphatic rings. The van der Waals surface area contributed by atoms with E-state index >= 15 is 0 Å². The van der Waals surface area contributed by atoms with Crippen molar-refractivity contribution in [3.05, 3.63) is 95.3 Å². The molecule has 1 amide bonds. The highest BCUT2D eigenvalue weighted by Gasteiger charge is 2.21. The topological polar surface area (TPSA) is 114 Å². The Kier molecular flexibility index (Phi) is 7.55. The lowest BCUT2D eigenvalue weighted by molar-refractivity contribution is -0.115. The smallest absolute Gasteiger partial charge is 0.273 e. The molecule has 0 saturated heterocycles. The zero-order chi connectivity index (χ0) is 27.4. The van der Waals surface area contributed by atoms with Crippen molar-refractivity contribution in [2.45, 2.75) is 17.3 Å². The molecule has 2 heterocycles. The SMILES string of the molecule is COc1ccc(-c2nc(SC(C)C(=O)Nc3cc(=O)n(-c4ccccc4)[nH]3)[nH]c2-c2ccc(OC)cc2)cc1. The van der Waals surface area contributed by atoms with Crippen LogP contribution < -0.4 is 20.3 Å². The van der Waals surface area contributed by atoms with Gasteiger partial charge in [-0.1, -0.05) is 30.0 Å². The molecule has 0 spiro atoms. The fraction of sp³-hybridized carbons (Fsp3) is 0.138. The van der Waals surface area contributed by atoms with Gasteiger partial charge in [0.1, 0.15) is 17.3 Å². The Morgan fingerprint density at radius 2 is 1.54 bits per heavy atom. The highest BCUT2D eigenvalue weighted by molar-refractivity contribution is 8.00. The summed E-state index contributed by atoms with van der Waals surface area (Å²) < 4.78 is 12.0. The van der Waals surface area contributed by atoms with Gasteiger partial charge in [-0.25, -0.2) is 9.67 Å². The molecule has 0 radical (unpaired) electrons. The molecule has 1 atom stereocenters. The minimum Gasteiger partial charge on any atom is -0.497 e. The number of methoxy groups -OCH3 is 2. The number of imidazole rings is 1. The summed E-state index contributed by atoms with van der Waals surface area (Å²) in [6.07, 6.45) is 0. The maximum atomic E-state index is 13.0. The van der Waals surface area contributed by atoms with Gasteiger partial charge < -0.3 is 19.8 Å². The van der Waals surface area contributed by atoms with E-state index < -0.39 is 5.25 Å². The molecule has 39 heavy (non-hydrogen) atoms. The van der Waals surface area contributed by atoms with E-state index in [1.54, 1.807) is 33.3 Å². The van der Waals surface area contributed by atoms with Crippen molar-refractivity contribution in [3.63, 3.8) is 0 Å². The third-order valence-corrected chi connectivity index (χ3v) is 7.06. The van der Waals surface area contributed by atoms with Crippen LogP contribution in [0.15, 0.2) is 94.9 Å². The molecule has 198 valence electrons. The van der Waals surface area contributed by atoms with Gasteiger partial charge in [-0.05, 0) is 67.6 Å². The summed E-state index contributed by atoms with van der Waals surface area (Å²) in [6, 6.07) is 25.9. The average molecular weight is 542 g/mol. The molecule has 0 bridgehead atoms. The number of benzene rings is 3. The minimum atomic E-state index is -0.507. The van der Waals surface area contributed by atoms with E-state index in [1.807, 2.05) is 66.7 Å². The Morgan fingerprint density at radius 3 is 2.15 bits per heavy atom. The minimum absolute atomic E-state index is 0.267. The molecule has 1 unspecified atom stereocenters. The number of carbonyl (C=O) groups excluding carboxylic acids is 1. The Hall–Kier alpha value is -4.70. The van der Waals surface area contributed by atoms with Crippen LogP contribution in [0.3, 0.4) is 0 Å². The van der Waals surface area contributed by atoms with Crippen molar-refractivity contribution in [1.82, 2.24) is 19.7 Å². The van der Waals surface area contributed by atoms with E-state index in [-0.39, 0.29) is 11.5 Å². The Morgan fingerprint density at radius 1 is 0.923 bits per heavy atom. The number of hydrogen-bond donors (Lipinski definition) is 3. The molecule has 0 saturated carbocycles. The molecule has 0 aliphatic carbocycles. The fourth-order valence-corrected chi connectivity index (χ4v) is 4.82. The number of hydrogen-bond acceptors (Lipinski definition) is 6. The summed E-state index contributed by atoms with van der Waals surface area (Å²) in [7, 11) is 3.25. The number of carbonyl (C=O) groups is 1. The molecule has 2 aromatic heterocycles. The van der Waals surface area contributed by atoms with E-state index in [2.05, 4.69) is 15.4 Å². The molecular weight excluding hydrogens is 514 g/mol. The van der Waals surface area contributed by atoms with Crippen LogP contribution in [0.2, 0.25) is 0 Å². The zero-order valence-corrected chi connectivity index (χ0v) is 22.4. The van der Waals surface area contributed by atoms with Gasteiger partial charge in [0.25, 0.3) is 5.56 Å². The second kappa shape index (κ2) is 11.4. The summed E-state index contributed by atoms with van der Waals surface area (Å²) in [4.78, 5) is 33.7. The second-order valence-corrected chi connectivity index (χ2v) is 9.98. The predicted octanol–water partition coefficient (Wildman–Crippen LogP) is 5.36. The molecule has 5 rings (SSSR count). The summed E-state index contributed by atoms with van der Waals surface area (Å²) in [5, 5.41) is 5.82. The van der Waals surface area contributed by atoms with E-state index in [9.17, 15) is 9.59 Å². The van der Waals surface area contributed by atoms with Crippen molar-refractivity contribution < 1.29 is 14.3 Å². The van der Waals surface area contributed by atoms with E-state index in [1.165, 1.54) is 22.5 Å². The lowest BCUT2D eigenvalue weighted by Crippen LogP contribution is -2.22. The highest BCUT2D eigenvalue weighted by Crippen LogP contribution is 2.35. The van der Waals surface area contributed by atoms with Gasteiger partial charge in [0.2, 0.25) is 5.91 Å². The standard InChI is InChI=1S/C29H27N5O4S/c1-18(28(36)30-24-17-25(35)34(33-24)21-7-5-4-6-8-21)39-29-31-26(19-9-13-22(37-2)14-10-19)27(32-29)20-11-15-23(38-3)16-12-20/h4-18,33H,1-3H3,(H,30,36)(H,31,32). The van der Waals surface area contributed by atoms with Crippen molar-refractivity contribution in [2.24, 2.45) is 0 Å². The summed E-state index contributed by atoms with van der Waals surface area (Å²) in [5.74, 6) is 1.55. The molecule has 3 aromatic carbocycles. The van der Waals surface area contributed by atoms with Crippen LogP contribution in [0, 0.1) is 0 Å². The van der Waals surface area contributed by atoms with Crippen LogP contribution in [-0.4, -0.2) is 45.1 Å². The van der Waals surface area contributed by atoms with E-state index in [0.717, 1.165) is 34.0 Å². The third kappa shape index (κ3) is 5.75. The quantitative estimate of drug-likeness (QED) is 0.217. The van der Waals surface area contributed by atoms with Crippen molar-refractivity contribution in [2.75, 3.05) is 19.5 Å². The number of thioether (sulfide) groups is 1. The Bertz CT molecular complexity index is 1560. The van der Waals surface area contributed by atoms with Gasteiger partial charge in [0, 0.05) is 17.2 Å². The van der Waals surface area contributed by atoms with Crippen LogP contribution in [0.1, 0.15) is 6.92 Å². The number of amides is 1. The number of aromatic amines is 2. The molecule has 0 fully saturated rings. The first kappa shape index (κ1) is 25.9. The number of H-pyrrole nitrogens is 2. The van der Waals surface area contributed by atoms with Gasteiger partial charge >= 0.3 is 0 Å². The van der Waals surface area contributed by atoms with Gasteiger partial charge in [0.05, 0.1) is 36.5 Å². The number of aromatic nitrogens is 4. The number of ether oxygens (including phenoxy) is 2. The number of anilines is 1. The van der Waals surface area contributed by atoms with Gasteiger partial charge in [-0.2, -0.15) is 0 Å². The van der Waals surface area contributed by atoms with E-state index in [0.29, 0.717) is 16.7 Å². The third-order valence-electron chi connectivity index (χ3n) is 6.07. The molecule has 9 nitrogen and oxygen atoms in total. The lowest BCUT2D eigenvalue weighted by atomic mass is 10.0. The molecule has 10 heteroatoms. The number of nitrogens with zero attached hydrogens (tertiary/aromatic N) is 2.